The predicted molar refractivity (Wildman–Crippen MR) is 365 cm³/mol. The van der Waals surface area contributed by atoms with Gasteiger partial charge in [0.25, 0.3) is 0 Å². The van der Waals surface area contributed by atoms with Crippen molar-refractivity contribution in [3.8, 4) is 0 Å². The zero-order chi connectivity index (χ0) is 80.1. The van der Waals surface area contributed by atoms with Crippen LogP contribution < -0.4 is 0 Å². The molecule has 0 saturated carbocycles. The molecule has 13 heterocycles. The summed E-state index contributed by atoms with van der Waals surface area (Å²) in [7, 11) is 0. The molecule has 20 bridgehead atoms. The van der Waals surface area contributed by atoms with Gasteiger partial charge in [0.15, 0.2) is 25.2 Å². The van der Waals surface area contributed by atoms with Crippen molar-refractivity contribution in [1.82, 2.24) is 0 Å². The van der Waals surface area contributed by atoms with Gasteiger partial charge in [0.05, 0.1) is 63.1 Å². The molecule has 0 aliphatic carbocycles. The predicted octanol–water partition coefficient (Wildman–Crippen LogP) is -17.5. The highest BCUT2D eigenvalue weighted by Crippen LogP contribution is 2.43. The van der Waals surface area contributed by atoms with Crippen molar-refractivity contribution in [1.29, 1.82) is 0 Å². The molecule has 110 heavy (non-hydrogen) atoms. The molecule has 44 nitrogen and oxygen atoms in total. The summed E-state index contributed by atoms with van der Waals surface area (Å²) in [4.78, 5) is 0. The molecular weight excluding hydrogens is 1620 g/mol. The van der Waals surface area contributed by atoms with Crippen LogP contribution >= 0.6 is 70.6 Å². The summed E-state index contributed by atoms with van der Waals surface area (Å²) < 4.78 is 79.0. The lowest BCUT2D eigenvalue weighted by Crippen LogP contribution is -2.67. The first-order chi connectivity index (χ1) is 52.1. The highest BCUT2D eigenvalue weighted by Gasteiger charge is 2.58. The quantitative estimate of drug-likeness (QED) is 0.122. The number of thioether (sulfide) groups is 6. The number of hydrogen-bond acceptors (Lipinski definition) is 50. The van der Waals surface area contributed by atoms with Gasteiger partial charge in [-0.05, 0) is 0 Å². The van der Waals surface area contributed by atoms with Crippen LogP contribution in [0.2, 0.25) is 0 Å². The fraction of sp³-hybridized carbons (Fsp3) is 1.00. The van der Waals surface area contributed by atoms with Crippen molar-refractivity contribution in [2.75, 3.05) is 60.9 Å². The molecule has 0 amide bonds. The Bertz CT molecular complexity index is 2480. The Morgan fingerprint density at radius 2 is 0.382 bits per heavy atom. The number of aliphatic hydroxyl groups is 30. The van der Waals surface area contributed by atoms with Crippen LogP contribution in [0.3, 0.4) is 0 Å². The van der Waals surface area contributed by atoms with Gasteiger partial charge >= 0.3 is 0 Å². The average Bonchev–Trinajstić information content (AvgIpc) is 0.772. The number of fused-ring (bicyclic) bond motifs is 20. The number of ether oxygens (including phenoxy) is 14. The van der Waals surface area contributed by atoms with E-state index in [1.807, 2.05) is 0 Å². The zero-order valence-corrected chi connectivity index (χ0v) is 62.4. The smallest absolute Gasteiger partial charge is 0.187 e. The van der Waals surface area contributed by atoms with Crippen molar-refractivity contribution in [3.63, 3.8) is 0 Å². The first kappa shape index (κ1) is 91.1. The summed E-state index contributed by atoms with van der Waals surface area (Å²) in [6.07, 6.45) is -67.1. The van der Waals surface area contributed by atoms with Gasteiger partial charge in [0.1, 0.15) is 240 Å². The molecule has 640 valence electrons. The maximum absolute atomic E-state index is 11.0. The van der Waals surface area contributed by atoms with Gasteiger partial charge in [-0.25, -0.2) is 0 Å². The Labute approximate surface area is 649 Å². The third-order valence-corrected chi connectivity index (χ3v) is 28.4. The van der Waals surface area contributed by atoms with Gasteiger partial charge in [-0.1, -0.05) is 0 Å². The summed E-state index contributed by atoms with van der Waals surface area (Å²) in [6.45, 7) is -2.95. The topological polar surface area (TPSA) is 736 Å². The van der Waals surface area contributed by atoms with E-state index in [0.717, 1.165) is 70.6 Å². The highest BCUT2D eigenvalue weighted by molar-refractivity contribution is 8.01. The Balaban J connectivity index is 0.000000173. The van der Waals surface area contributed by atoms with Gasteiger partial charge in [0, 0.05) is 34.5 Å². The zero-order valence-electron chi connectivity index (χ0n) is 57.5. The fourth-order valence-electron chi connectivity index (χ4n) is 14.0. The molecule has 0 aromatic carbocycles. The lowest BCUT2D eigenvalue weighted by atomic mass is 9.96. The van der Waals surface area contributed by atoms with Crippen LogP contribution in [0, 0.1) is 0 Å². The monoisotopic (exact) mass is 1720 g/mol. The molecule has 50 unspecified atom stereocenters. The van der Waals surface area contributed by atoms with Gasteiger partial charge < -0.3 is 220 Å². The van der Waals surface area contributed by atoms with Crippen molar-refractivity contribution >= 4 is 70.6 Å². The third kappa shape index (κ3) is 19.6. The molecule has 0 aromatic heterocycles. The molecule has 13 aliphatic heterocycles. The van der Waals surface area contributed by atoms with Crippen molar-refractivity contribution in [2.45, 2.75) is 302 Å². The Hall–Kier alpha value is 0.340. The van der Waals surface area contributed by atoms with Gasteiger partial charge in [-0.3, -0.25) is 0 Å². The summed E-state index contributed by atoms with van der Waals surface area (Å²) in [5.74, 6) is 0.0612. The Kier molecular flexibility index (Phi) is 32.7. The minimum Gasteiger partial charge on any atom is -0.394 e. The second-order valence-electron chi connectivity index (χ2n) is 28.4. The largest absolute Gasteiger partial charge is 0.394 e. The molecule has 30 N–H and O–H groups in total. The molecular formula is C60H100O44S6. The summed E-state index contributed by atoms with van der Waals surface area (Å²) in [5.41, 5.74) is -6.03. The fourth-order valence-corrected chi connectivity index (χ4v) is 21.4. The average molecular weight is 1720 g/mol. The van der Waals surface area contributed by atoms with Crippen LogP contribution in [-0.2, 0) is 66.3 Å². The maximum Gasteiger partial charge on any atom is 0.187 e. The van der Waals surface area contributed by atoms with E-state index in [2.05, 4.69) is 0 Å². The second-order valence-corrected chi connectivity index (χ2v) is 35.2. The van der Waals surface area contributed by atoms with Crippen LogP contribution in [0.25, 0.3) is 0 Å². The number of hydrogen-bond donors (Lipinski definition) is 30. The van der Waals surface area contributed by atoms with Crippen LogP contribution in [0.5, 0.6) is 0 Å². The highest BCUT2D eigenvalue weighted by atomic mass is 32.2. The van der Waals surface area contributed by atoms with E-state index in [1.54, 1.807) is 0 Å². The van der Waals surface area contributed by atoms with Crippen molar-refractivity contribution in [2.24, 2.45) is 0 Å². The van der Waals surface area contributed by atoms with Crippen LogP contribution in [0.1, 0.15) is 0 Å². The minimum atomic E-state index is -1.93. The molecule has 13 fully saturated rings. The normalized spacial score (nSPS) is 56.2. The van der Waals surface area contributed by atoms with Crippen LogP contribution in [0.15, 0.2) is 0 Å². The van der Waals surface area contributed by atoms with E-state index in [-0.39, 0.29) is 34.5 Å². The lowest BCUT2D eigenvalue weighted by Gasteiger charge is -2.48. The van der Waals surface area contributed by atoms with Crippen LogP contribution in [0.4, 0.5) is 0 Å². The van der Waals surface area contributed by atoms with Gasteiger partial charge in [0.2, 0.25) is 0 Å². The summed E-state index contributed by atoms with van der Waals surface area (Å²) >= 11 is 5.98. The first-order valence-electron chi connectivity index (χ1n) is 35.1. The van der Waals surface area contributed by atoms with E-state index in [0.29, 0.717) is 0 Å². The SMILES string of the molecule is OC1C2CSC3OC(CSC(O2)C(O)C1O)C(O)C(O)C3O.OC1C2CSC3OC(CSC4OC(CSC5OC(CSC(O2)C(O)C1O)C(O)C(O)C5O)C(O)C(O)C4O)C(O)C(O)C3O.OCC1OC2OCC3OC(OC4C(O)C(CO)OC(OCC5OC(OC(C1O)C2O)C(O)C(O)C5O)C4O)C(O)C(O)C3O. The standard InChI is InChI=1S/C24H40O20.C24H40O16S4.C12H20O8S2/c25-1-5-11(29)19-17(35)21(39-5)37-3-7-9(27)14(32)16(34)24(42-7)44-20-12(30)6(2-26)40-22(18(20)36)38-4-8-10(28)13(31)15(33)23(41-8)43-19;25-9-5-1-41-21-17(33)14(30)10(26)6(38-21)2-43-23-19(35)16(32)12(28)8(40-23)4-44-24-20(36)15(31)11(27)7(39-24)3-42-22(37-5)18(34)13(9)29;13-5-3-1-21-11-9(17)8(16)6(14)4(20-11)2-22-12(19-3)10(18)7(5)15/h2*5-36H,1-4H2;3-18H,1-2H2. The molecule has 50 heteroatoms. The summed E-state index contributed by atoms with van der Waals surface area (Å²) in [5, 5.41) is 313. The molecule has 50 atom stereocenters. The maximum atomic E-state index is 11.0. The van der Waals surface area contributed by atoms with E-state index < -0.39 is 328 Å². The van der Waals surface area contributed by atoms with E-state index in [9.17, 15) is 153 Å². The Morgan fingerprint density at radius 3 is 0.591 bits per heavy atom. The van der Waals surface area contributed by atoms with Crippen molar-refractivity contribution < 1.29 is 220 Å². The first-order valence-corrected chi connectivity index (χ1v) is 41.4. The number of rotatable bonds is 2. The molecule has 13 rings (SSSR count). The minimum absolute atomic E-state index is 0.0885. The number of aliphatic hydroxyl groups excluding tert-OH is 30. The van der Waals surface area contributed by atoms with E-state index >= 15 is 0 Å². The molecule has 0 radical (unpaired) electrons. The summed E-state index contributed by atoms with van der Waals surface area (Å²) in [6, 6.07) is 0. The molecule has 13 aliphatic rings. The van der Waals surface area contributed by atoms with Crippen LogP contribution in [-0.4, -0.2) is 516 Å². The van der Waals surface area contributed by atoms with Gasteiger partial charge in [-0.15, -0.1) is 70.6 Å². The van der Waals surface area contributed by atoms with E-state index in [1.165, 1.54) is 0 Å². The Morgan fingerprint density at radius 1 is 0.182 bits per heavy atom. The molecule has 0 aromatic rings. The van der Waals surface area contributed by atoms with E-state index in [4.69, 9.17) is 66.3 Å². The van der Waals surface area contributed by atoms with Gasteiger partial charge in [-0.2, -0.15) is 0 Å². The van der Waals surface area contributed by atoms with Crippen molar-refractivity contribution in [3.05, 3.63) is 0 Å². The third-order valence-electron chi connectivity index (χ3n) is 21.0. The second kappa shape index (κ2) is 39.5. The molecule has 0 spiro atoms. The lowest BCUT2D eigenvalue weighted by molar-refractivity contribution is -0.383. The molecule has 13 saturated heterocycles.